The smallest absolute Gasteiger partial charge is 0.237 e. The standard InChI is InChI=1S/C24H30F2N4O2/c1-24(2,19-8-7-17(25)13-20(19)26)14-29-23(32)21(27)15-3-5-16(6-4-15)22(31)30-18-9-11-28-12-10-18/h7-13,15-16,21H,3-6,14,27H2,1-2H3,(H,29,32)(H,28,30,31). The van der Waals surface area contributed by atoms with Crippen LogP contribution in [0.5, 0.6) is 0 Å². The zero-order chi connectivity index (χ0) is 23.3. The van der Waals surface area contributed by atoms with Gasteiger partial charge in [-0.1, -0.05) is 19.9 Å². The van der Waals surface area contributed by atoms with Crippen molar-refractivity contribution in [2.24, 2.45) is 17.6 Å². The summed E-state index contributed by atoms with van der Waals surface area (Å²) in [6, 6.07) is 6.22. The van der Waals surface area contributed by atoms with Crippen LogP contribution in [-0.4, -0.2) is 29.4 Å². The molecule has 0 saturated heterocycles. The maximum absolute atomic E-state index is 14.1. The van der Waals surface area contributed by atoms with E-state index in [9.17, 15) is 18.4 Å². The van der Waals surface area contributed by atoms with Crippen molar-refractivity contribution >= 4 is 17.5 Å². The van der Waals surface area contributed by atoms with Crippen molar-refractivity contribution in [1.82, 2.24) is 10.3 Å². The molecule has 1 aliphatic carbocycles. The largest absolute Gasteiger partial charge is 0.354 e. The van der Waals surface area contributed by atoms with Gasteiger partial charge in [0.2, 0.25) is 11.8 Å². The first-order valence-electron chi connectivity index (χ1n) is 10.9. The lowest BCUT2D eigenvalue weighted by atomic mass is 9.78. The topological polar surface area (TPSA) is 97.1 Å². The van der Waals surface area contributed by atoms with Gasteiger partial charge in [0.05, 0.1) is 6.04 Å². The first-order chi connectivity index (χ1) is 15.2. The van der Waals surface area contributed by atoms with Gasteiger partial charge >= 0.3 is 0 Å². The van der Waals surface area contributed by atoms with E-state index in [1.807, 2.05) is 0 Å². The van der Waals surface area contributed by atoms with Crippen LogP contribution < -0.4 is 16.4 Å². The number of nitrogens with one attached hydrogen (secondary N) is 2. The fourth-order valence-electron chi connectivity index (χ4n) is 4.19. The van der Waals surface area contributed by atoms with Crippen molar-refractivity contribution in [1.29, 1.82) is 0 Å². The van der Waals surface area contributed by atoms with E-state index in [1.165, 1.54) is 12.1 Å². The van der Waals surface area contributed by atoms with Gasteiger partial charge in [-0.2, -0.15) is 0 Å². The maximum Gasteiger partial charge on any atom is 0.237 e. The van der Waals surface area contributed by atoms with E-state index in [2.05, 4.69) is 15.6 Å². The van der Waals surface area contributed by atoms with E-state index >= 15 is 0 Å². The summed E-state index contributed by atoms with van der Waals surface area (Å²) in [4.78, 5) is 29.0. The van der Waals surface area contributed by atoms with Crippen molar-refractivity contribution in [3.63, 3.8) is 0 Å². The summed E-state index contributed by atoms with van der Waals surface area (Å²) in [5.74, 6) is -1.75. The van der Waals surface area contributed by atoms with Crippen LogP contribution in [-0.2, 0) is 15.0 Å². The fourth-order valence-corrected chi connectivity index (χ4v) is 4.19. The van der Waals surface area contributed by atoms with Crippen LogP contribution in [0.3, 0.4) is 0 Å². The second-order valence-electron chi connectivity index (χ2n) is 9.09. The molecule has 1 fully saturated rings. The summed E-state index contributed by atoms with van der Waals surface area (Å²) in [6.45, 7) is 3.73. The van der Waals surface area contributed by atoms with Gasteiger partial charge in [0.15, 0.2) is 0 Å². The molecule has 1 saturated carbocycles. The van der Waals surface area contributed by atoms with Crippen LogP contribution in [0.2, 0.25) is 0 Å². The Morgan fingerprint density at radius 2 is 1.78 bits per heavy atom. The van der Waals surface area contributed by atoms with Crippen molar-refractivity contribution in [3.05, 3.63) is 59.9 Å². The molecule has 3 rings (SSSR count). The predicted molar refractivity (Wildman–Crippen MR) is 119 cm³/mol. The first kappa shape index (κ1) is 23.8. The number of rotatable bonds is 7. The molecule has 1 aliphatic rings. The molecule has 1 unspecified atom stereocenters. The number of anilines is 1. The Hall–Kier alpha value is -2.87. The van der Waals surface area contributed by atoms with Gasteiger partial charge in [0.25, 0.3) is 0 Å². The number of hydrogen-bond donors (Lipinski definition) is 3. The third kappa shape index (κ3) is 5.88. The molecular formula is C24H30F2N4O2. The normalized spacial score (nSPS) is 19.8. The lowest BCUT2D eigenvalue weighted by Crippen LogP contribution is -2.49. The number of pyridine rings is 1. The molecular weight excluding hydrogens is 414 g/mol. The average Bonchev–Trinajstić information content (AvgIpc) is 2.77. The minimum absolute atomic E-state index is 0.0226. The third-order valence-electron chi connectivity index (χ3n) is 6.27. The van der Waals surface area contributed by atoms with Crippen LogP contribution in [0, 0.1) is 23.5 Å². The number of nitrogens with two attached hydrogens (primary N) is 1. The molecule has 2 amide bonds. The van der Waals surface area contributed by atoms with E-state index in [1.54, 1.807) is 38.4 Å². The van der Waals surface area contributed by atoms with Gasteiger partial charge in [-0.3, -0.25) is 14.6 Å². The van der Waals surface area contributed by atoms with Crippen molar-refractivity contribution in [2.45, 2.75) is 51.0 Å². The van der Waals surface area contributed by atoms with E-state index in [0.717, 1.165) is 6.07 Å². The van der Waals surface area contributed by atoms with E-state index in [4.69, 9.17) is 5.73 Å². The van der Waals surface area contributed by atoms with Crippen LogP contribution in [0.1, 0.15) is 45.1 Å². The number of halogens is 2. The molecule has 1 heterocycles. The Bertz CT molecular complexity index is 944. The number of amides is 2. The number of benzene rings is 1. The second-order valence-corrected chi connectivity index (χ2v) is 9.09. The Kier molecular flexibility index (Phi) is 7.56. The molecule has 172 valence electrons. The highest BCUT2D eigenvalue weighted by Crippen LogP contribution is 2.31. The molecule has 1 aromatic carbocycles. The summed E-state index contributed by atoms with van der Waals surface area (Å²) in [5, 5.41) is 5.71. The highest BCUT2D eigenvalue weighted by molar-refractivity contribution is 5.92. The van der Waals surface area contributed by atoms with Crippen molar-refractivity contribution in [2.75, 3.05) is 11.9 Å². The van der Waals surface area contributed by atoms with Gasteiger partial charge in [-0.25, -0.2) is 8.78 Å². The lowest BCUT2D eigenvalue weighted by Gasteiger charge is -2.32. The Balaban J connectivity index is 1.48. The summed E-state index contributed by atoms with van der Waals surface area (Å²) in [7, 11) is 0. The summed E-state index contributed by atoms with van der Waals surface area (Å²) < 4.78 is 27.3. The Morgan fingerprint density at radius 1 is 1.12 bits per heavy atom. The molecule has 4 N–H and O–H groups in total. The molecule has 0 bridgehead atoms. The van der Waals surface area contributed by atoms with Crippen LogP contribution in [0.15, 0.2) is 42.7 Å². The first-order valence-corrected chi connectivity index (χ1v) is 10.9. The zero-order valence-electron chi connectivity index (χ0n) is 18.4. The van der Waals surface area contributed by atoms with Crippen LogP contribution >= 0.6 is 0 Å². The molecule has 0 aliphatic heterocycles. The zero-order valence-corrected chi connectivity index (χ0v) is 18.4. The highest BCUT2D eigenvalue weighted by Gasteiger charge is 2.33. The average molecular weight is 445 g/mol. The number of hydrogen-bond acceptors (Lipinski definition) is 4. The molecule has 1 atom stereocenters. The lowest BCUT2D eigenvalue weighted by molar-refractivity contribution is -0.124. The van der Waals surface area contributed by atoms with Gasteiger partial charge in [0, 0.05) is 42.0 Å². The van der Waals surface area contributed by atoms with Crippen molar-refractivity contribution in [3.8, 4) is 0 Å². The fraction of sp³-hybridized carbons (Fsp3) is 0.458. The van der Waals surface area contributed by atoms with Gasteiger partial charge < -0.3 is 16.4 Å². The Labute approximate surface area is 187 Å². The summed E-state index contributed by atoms with van der Waals surface area (Å²) in [6.07, 6.45) is 5.92. The van der Waals surface area contributed by atoms with E-state index < -0.39 is 23.1 Å². The maximum atomic E-state index is 14.1. The molecule has 32 heavy (non-hydrogen) atoms. The van der Waals surface area contributed by atoms with Gasteiger partial charge in [0.1, 0.15) is 11.6 Å². The van der Waals surface area contributed by atoms with Gasteiger partial charge in [-0.05, 0) is 55.4 Å². The quantitative estimate of drug-likeness (QED) is 0.609. The highest BCUT2D eigenvalue weighted by atomic mass is 19.1. The molecule has 0 radical (unpaired) electrons. The molecule has 0 spiro atoms. The number of carbonyl (C=O) groups excluding carboxylic acids is 2. The van der Waals surface area contributed by atoms with Crippen LogP contribution in [0.25, 0.3) is 0 Å². The SMILES string of the molecule is CC(C)(CNC(=O)C(N)C1CCC(C(=O)Nc2ccncc2)CC1)c1ccc(F)cc1F. The monoisotopic (exact) mass is 444 g/mol. The van der Waals surface area contributed by atoms with Crippen LogP contribution in [0.4, 0.5) is 14.5 Å². The Morgan fingerprint density at radius 3 is 2.41 bits per heavy atom. The van der Waals surface area contributed by atoms with Crippen molar-refractivity contribution < 1.29 is 18.4 Å². The second kappa shape index (κ2) is 10.2. The predicted octanol–water partition coefficient (Wildman–Crippen LogP) is 3.53. The minimum Gasteiger partial charge on any atom is -0.354 e. The molecule has 2 aromatic rings. The molecule has 6 nitrogen and oxygen atoms in total. The molecule has 1 aromatic heterocycles. The van der Waals surface area contributed by atoms with E-state index in [-0.39, 0.29) is 30.2 Å². The number of aromatic nitrogens is 1. The summed E-state index contributed by atoms with van der Waals surface area (Å²) in [5.41, 5.74) is 6.52. The van der Waals surface area contributed by atoms with Gasteiger partial charge in [-0.15, -0.1) is 0 Å². The molecule has 8 heteroatoms. The number of nitrogens with zero attached hydrogens (tertiary/aromatic N) is 1. The van der Waals surface area contributed by atoms with E-state index in [0.29, 0.717) is 36.9 Å². The minimum atomic E-state index is -0.726. The third-order valence-corrected chi connectivity index (χ3v) is 6.27. The summed E-state index contributed by atoms with van der Waals surface area (Å²) >= 11 is 0. The number of carbonyl (C=O) groups is 2.